The standard InChI is InChI=1S/C15H17N3O2S/c1-10-14(12-6-4-3-5-7-12)18-15(21-10)17-13(20)8-9-16-11(2)19/h3-7H,8-9H2,1-2H3,(H,16,19)(H,17,18,20). The van der Waals surface area contributed by atoms with Crippen LogP contribution in [-0.2, 0) is 9.59 Å². The highest BCUT2D eigenvalue weighted by Gasteiger charge is 2.11. The first-order chi connectivity index (χ1) is 10.1. The Balaban J connectivity index is 1.99. The lowest BCUT2D eigenvalue weighted by Gasteiger charge is -2.02. The van der Waals surface area contributed by atoms with Crippen molar-refractivity contribution in [3.8, 4) is 11.3 Å². The zero-order chi connectivity index (χ0) is 15.2. The smallest absolute Gasteiger partial charge is 0.227 e. The van der Waals surface area contributed by atoms with Gasteiger partial charge in [-0.2, -0.15) is 0 Å². The van der Waals surface area contributed by atoms with Crippen molar-refractivity contribution < 1.29 is 9.59 Å². The average Bonchev–Trinajstić information content (AvgIpc) is 2.80. The number of carbonyl (C=O) groups is 2. The highest BCUT2D eigenvalue weighted by Crippen LogP contribution is 2.30. The number of aromatic nitrogens is 1. The second-order valence-corrected chi connectivity index (χ2v) is 5.77. The highest BCUT2D eigenvalue weighted by molar-refractivity contribution is 7.16. The Morgan fingerprint density at radius 2 is 1.95 bits per heavy atom. The molecule has 2 amide bonds. The van der Waals surface area contributed by atoms with E-state index in [9.17, 15) is 9.59 Å². The molecule has 5 nitrogen and oxygen atoms in total. The van der Waals surface area contributed by atoms with E-state index in [1.807, 2.05) is 37.3 Å². The first-order valence-electron chi connectivity index (χ1n) is 6.63. The van der Waals surface area contributed by atoms with Gasteiger partial charge in [0.25, 0.3) is 0 Å². The number of aryl methyl sites for hydroxylation is 1. The Kier molecular flexibility index (Phi) is 5.05. The number of benzene rings is 1. The quantitative estimate of drug-likeness (QED) is 0.892. The van der Waals surface area contributed by atoms with Gasteiger partial charge in [0.2, 0.25) is 11.8 Å². The molecule has 2 rings (SSSR count). The fourth-order valence-corrected chi connectivity index (χ4v) is 2.70. The summed E-state index contributed by atoms with van der Waals surface area (Å²) in [5.74, 6) is -0.295. The van der Waals surface area contributed by atoms with Crippen LogP contribution in [-0.4, -0.2) is 23.3 Å². The van der Waals surface area contributed by atoms with Crippen molar-refractivity contribution in [2.24, 2.45) is 0 Å². The van der Waals surface area contributed by atoms with E-state index in [1.54, 1.807) is 0 Å². The number of amides is 2. The monoisotopic (exact) mass is 303 g/mol. The van der Waals surface area contributed by atoms with Gasteiger partial charge in [0.15, 0.2) is 5.13 Å². The van der Waals surface area contributed by atoms with Gasteiger partial charge in [-0.25, -0.2) is 4.98 Å². The molecule has 1 heterocycles. The predicted molar refractivity (Wildman–Crippen MR) is 84.2 cm³/mol. The molecule has 0 aliphatic carbocycles. The minimum atomic E-state index is -0.155. The first kappa shape index (κ1) is 15.2. The van der Waals surface area contributed by atoms with Gasteiger partial charge in [0, 0.05) is 30.3 Å². The maximum Gasteiger partial charge on any atom is 0.227 e. The van der Waals surface area contributed by atoms with Crippen LogP contribution in [0.5, 0.6) is 0 Å². The molecule has 6 heteroatoms. The minimum absolute atomic E-state index is 0.140. The number of carbonyl (C=O) groups excluding carboxylic acids is 2. The van der Waals surface area contributed by atoms with Crippen molar-refractivity contribution in [2.75, 3.05) is 11.9 Å². The molecule has 2 N–H and O–H groups in total. The Bertz CT molecular complexity index is 638. The molecule has 1 aromatic heterocycles. The van der Waals surface area contributed by atoms with E-state index in [0.29, 0.717) is 11.7 Å². The van der Waals surface area contributed by atoms with Crippen molar-refractivity contribution >= 4 is 28.3 Å². The van der Waals surface area contributed by atoms with Crippen molar-refractivity contribution in [2.45, 2.75) is 20.3 Å². The van der Waals surface area contributed by atoms with Crippen LogP contribution in [0.15, 0.2) is 30.3 Å². The molecule has 110 valence electrons. The topological polar surface area (TPSA) is 71.1 Å². The summed E-state index contributed by atoms with van der Waals surface area (Å²) in [6.45, 7) is 3.73. The van der Waals surface area contributed by atoms with E-state index in [4.69, 9.17) is 0 Å². The van der Waals surface area contributed by atoms with Gasteiger partial charge in [-0.1, -0.05) is 30.3 Å². The molecule has 0 atom stereocenters. The van der Waals surface area contributed by atoms with E-state index in [0.717, 1.165) is 16.1 Å². The SMILES string of the molecule is CC(=O)NCCC(=O)Nc1nc(-c2ccccc2)c(C)s1. The number of nitrogens with one attached hydrogen (secondary N) is 2. The molecule has 1 aromatic carbocycles. The summed E-state index contributed by atoms with van der Waals surface area (Å²) in [6.07, 6.45) is 0.235. The van der Waals surface area contributed by atoms with Gasteiger partial charge in [0.05, 0.1) is 5.69 Å². The second-order valence-electron chi connectivity index (χ2n) is 4.57. The summed E-state index contributed by atoms with van der Waals surface area (Å²) in [5, 5.41) is 5.93. The summed E-state index contributed by atoms with van der Waals surface area (Å²) in [7, 11) is 0. The van der Waals surface area contributed by atoms with Gasteiger partial charge in [-0.05, 0) is 6.92 Å². The van der Waals surface area contributed by atoms with Gasteiger partial charge in [-0.15, -0.1) is 11.3 Å². The molecule has 0 bridgehead atoms. The summed E-state index contributed by atoms with van der Waals surface area (Å²) in [5.41, 5.74) is 1.92. The second kappa shape index (κ2) is 6.99. The fourth-order valence-electron chi connectivity index (χ4n) is 1.85. The highest BCUT2D eigenvalue weighted by atomic mass is 32.1. The van der Waals surface area contributed by atoms with E-state index in [-0.39, 0.29) is 18.2 Å². The van der Waals surface area contributed by atoms with Crippen LogP contribution in [0.25, 0.3) is 11.3 Å². The molecule has 0 fully saturated rings. The van der Waals surface area contributed by atoms with E-state index < -0.39 is 0 Å². The largest absolute Gasteiger partial charge is 0.356 e. The molecule has 0 unspecified atom stereocenters. The number of anilines is 1. The molecule has 0 radical (unpaired) electrons. The molecule has 0 aliphatic rings. The zero-order valence-corrected chi connectivity index (χ0v) is 12.8. The molecule has 2 aromatic rings. The molecule has 0 saturated carbocycles. The molecule has 0 aliphatic heterocycles. The van der Waals surface area contributed by atoms with Crippen LogP contribution in [0.3, 0.4) is 0 Å². The number of hydrogen-bond acceptors (Lipinski definition) is 4. The van der Waals surface area contributed by atoms with Crippen LogP contribution < -0.4 is 10.6 Å². The lowest BCUT2D eigenvalue weighted by Crippen LogP contribution is -2.25. The third kappa shape index (κ3) is 4.39. The normalized spacial score (nSPS) is 10.2. The Hall–Kier alpha value is -2.21. The van der Waals surface area contributed by atoms with Crippen LogP contribution >= 0.6 is 11.3 Å². The zero-order valence-electron chi connectivity index (χ0n) is 12.0. The Labute approximate surface area is 127 Å². The molecular formula is C15H17N3O2S. The van der Waals surface area contributed by atoms with E-state index in [2.05, 4.69) is 15.6 Å². The summed E-state index contributed by atoms with van der Waals surface area (Å²) in [4.78, 5) is 28.0. The first-order valence-corrected chi connectivity index (χ1v) is 7.45. The molecular weight excluding hydrogens is 286 g/mol. The van der Waals surface area contributed by atoms with Gasteiger partial charge in [-0.3, -0.25) is 9.59 Å². The fraction of sp³-hybridized carbons (Fsp3) is 0.267. The third-order valence-electron chi connectivity index (χ3n) is 2.82. The Morgan fingerprint density at radius 1 is 1.24 bits per heavy atom. The third-order valence-corrected chi connectivity index (χ3v) is 3.70. The molecule has 0 spiro atoms. The summed E-state index contributed by atoms with van der Waals surface area (Å²) in [6, 6.07) is 9.85. The maximum atomic E-state index is 11.8. The number of nitrogens with zero attached hydrogens (tertiary/aromatic N) is 1. The minimum Gasteiger partial charge on any atom is -0.356 e. The lowest BCUT2D eigenvalue weighted by molar-refractivity contribution is -0.119. The van der Waals surface area contributed by atoms with E-state index >= 15 is 0 Å². The maximum absolute atomic E-state index is 11.8. The van der Waals surface area contributed by atoms with E-state index in [1.165, 1.54) is 18.3 Å². The van der Waals surface area contributed by atoms with Crippen molar-refractivity contribution in [3.05, 3.63) is 35.2 Å². The van der Waals surface area contributed by atoms with Gasteiger partial charge < -0.3 is 10.6 Å². The van der Waals surface area contributed by atoms with Crippen molar-refractivity contribution in [1.29, 1.82) is 0 Å². The molecule has 0 saturated heterocycles. The number of thiazole rings is 1. The summed E-state index contributed by atoms with van der Waals surface area (Å²) < 4.78 is 0. The van der Waals surface area contributed by atoms with Crippen LogP contribution in [0.4, 0.5) is 5.13 Å². The van der Waals surface area contributed by atoms with Crippen LogP contribution in [0.2, 0.25) is 0 Å². The van der Waals surface area contributed by atoms with Gasteiger partial charge >= 0.3 is 0 Å². The van der Waals surface area contributed by atoms with Crippen LogP contribution in [0.1, 0.15) is 18.2 Å². The molecule has 21 heavy (non-hydrogen) atoms. The van der Waals surface area contributed by atoms with Crippen molar-refractivity contribution in [1.82, 2.24) is 10.3 Å². The number of hydrogen-bond donors (Lipinski definition) is 2. The lowest BCUT2D eigenvalue weighted by atomic mass is 10.1. The van der Waals surface area contributed by atoms with Crippen LogP contribution in [0, 0.1) is 6.92 Å². The average molecular weight is 303 g/mol. The predicted octanol–water partition coefficient (Wildman–Crippen LogP) is 2.58. The Morgan fingerprint density at radius 3 is 2.62 bits per heavy atom. The van der Waals surface area contributed by atoms with Gasteiger partial charge in [0.1, 0.15) is 0 Å². The number of rotatable bonds is 5. The summed E-state index contributed by atoms with van der Waals surface area (Å²) >= 11 is 1.45. The van der Waals surface area contributed by atoms with Crippen molar-refractivity contribution in [3.63, 3.8) is 0 Å².